The van der Waals surface area contributed by atoms with Crippen LogP contribution in [0.15, 0.2) is 0 Å². The lowest BCUT2D eigenvalue weighted by Gasteiger charge is -2.02. The van der Waals surface area contributed by atoms with Crippen molar-refractivity contribution in [1.29, 1.82) is 0 Å². The second-order valence-corrected chi connectivity index (χ2v) is 6.32. The molecule has 1 unspecified atom stereocenters. The summed E-state index contributed by atoms with van der Waals surface area (Å²) in [5.74, 6) is 0. The lowest BCUT2D eigenvalue weighted by Crippen LogP contribution is -1.83. The van der Waals surface area contributed by atoms with Gasteiger partial charge >= 0.3 is 0 Å². The van der Waals surface area contributed by atoms with Crippen LogP contribution >= 0.6 is 8.81 Å². The van der Waals surface area contributed by atoms with Gasteiger partial charge in [-0.05, 0) is 12.6 Å². The van der Waals surface area contributed by atoms with Crippen molar-refractivity contribution in [2.75, 3.05) is 6.16 Å². The van der Waals surface area contributed by atoms with E-state index in [2.05, 4.69) is 6.92 Å². The molecule has 18 heavy (non-hydrogen) atoms. The van der Waals surface area contributed by atoms with Gasteiger partial charge in [0.25, 0.3) is 0 Å². The third-order valence-corrected chi connectivity index (χ3v) is 4.22. The molecule has 0 saturated carbocycles. The molecule has 0 heterocycles. The first-order chi connectivity index (χ1) is 8.91. The molecule has 0 aromatic rings. The molecule has 0 aliphatic carbocycles. The van der Waals surface area contributed by atoms with E-state index in [9.17, 15) is 0 Å². The van der Waals surface area contributed by atoms with Crippen molar-refractivity contribution in [2.45, 2.75) is 96.8 Å². The molecule has 1 atom stereocenters. The standard InChI is InChI=1S/C16H35OP/c1-2-3-4-5-6-7-8-9-10-11-12-13-14-15-16-18-17/h17-18H,2-16H2,1H3. The fourth-order valence-corrected chi connectivity index (χ4v) is 2.81. The van der Waals surface area contributed by atoms with Gasteiger partial charge in [-0.3, -0.25) is 0 Å². The Kier molecular flexibility index (Phi) is 17.8. The molecule has 0 amide bonds. The van der Waals surface area contributed by atoms with E-state index in [4.69, 9.17) is 4.89 Å². The zero-order valence-corrected chi connectivity index (χ0v) is 13.6. The Morgan fingerprint density at radius 3 is 1.22 bits per heavy atom. The summed E-state index contributed by atoms with van der Waals surface area (Å²) in [6.45, 7) is 2.28. The molecular weight excluding hydrogens is 239 g/mol. The Balaban J connectivity index is 2.86. The van der Waals surface area contributed by atoms with Gasteiger partial charge < -0.3 is 4.89 Å². The maximum Gasteiger partial charge on any atom is 0.0107 e. The molecule has 1 nitrogen and oxygen atoms in total. The highest BCUT2D eigenvalue weighted by atomic mass is 31.1. The Bertz CT molecular complexity index is 123. The van der Waals surface area contributed by atoms with Gasteiger partial charge in [0.2, 0.25) is 0 Å². The van der Waals surface area contributed by atoms with Gasteiger partial charge in [-0.2, -0.15) is 0 Å². The highest BCUT2D eigenvalue weighted by Crippen LogP contribution is 2.14. The van der Waals surface area contributed by atoms with Crippen molar-refractivity contribution in [2.24, 2.45) is 0 Å². The zero-order valence-electron chi connectivity index (χ0n) is 12.6. The van der Waals surface area contributed by atoms with Crippen LogP contribution in [0.5, 0.6) is 0 Å². The SMILES string of the molecule is CCCCCCCCCCCCCCCCPO. The highest BCUT2D eigenvalue weighted by Gasteiger charge is 1.93. The molecule has 0 aromatic heterocycles. The van der Waals surface area contributed by atoms with Crippen molar-refractivity contribution in [3.8, 4) is 0 Å². The molecule has 0 rings (SSSR count). The molecule has 0 bridgehead atoms. The van der Waals surface area contributed by atoms with Crippen LogP contribution in [0.4, 0.5) is 0 Å². The van der Waals surface area contributed by atoms with Gasteiger partial charge in [-0.25, -0.2) is 0 Å². The second kappa shape index (κ2) is 17.4. The summed E-state index contributed by atoms with van der Waals surface area (Å²) >= 11 is 0. The molecular formula is C16H35OP. The second-order valence-electron chi connectivity index (χ2n) is 5.50. The average molecular weight is 274 g/mol. The first kappa shape index (κ1) is 18.4. The molecule has 0 spiro atoms. The van der Waals surface area contributed by atoms with Crippen molar-refractivity contribution >= 4 is 8.81 Å². The van der Waals surface area contributed by atoms with Crippen molar-refractivity contribution in [1.82, 2.24) is 0 Å². The zero-order chi connectivity index (χ0) is 13.3. The fourth-order valence-electron chi connectivity index (χ4n) is 2.40. The van der Waals surface area contributed by atoms with E-state index in [-0.39, 0.29) is 8.81 Å². The van der Waals surface area contributed by atoms with E-state index in [1.807, 2.05) is 0 Å². The molecule has 0 aromatic carbocycles. The van der Waals surface area contributed by atoms with Gasteiger partial charge in [0.15, 0.2) is 0 Å². The molecule has 0 aliphatic rings. The van der Waals surface area contributed by atoms with Gasteiger partial charge in [-0.1, -0.05) is 90.4 Å². The van der Waals surface area contributed by atoms with Gasteiger partial charge in [0.05, 0.1) is 0 Å². The summed E-state index contributed by atoms with van der Waals surface area (Å²) in [6.07, 6.45) is 20.8. The molecule has 0 radical (unpaired) electrons. The molecule has 0 saturated heterocycles. The first-order valence-electron chi connectivity index (χ1n) is 8.28. The van der Waals surface area contributed by atoms with Crippen LogP contribution in [0.1, 0.15) is 96.8 Å². The Labute approximate surface area is 117 Å². The fraction of sp³-hybridized carbons (Fsp3) is 1.00. The van der Waals surface area contributed by atoms with Crippen molar-refractivity contribution in [3.05, 3.63) is 0 Å². The van der Waals surface area contributed by atoms with E-state index in [0.717, 1.165) is 6.16 Å². The van der Waals surface area contributed by atoms with E-state index in [0.29, 0.717) is 0 Å². The van der Waals surface area contributed by atoms with Crippen LogP contribution in [0, 0.1) is 0 Å². The summed E-state index contributed by atoms with van der Waals surface area (Å²) in [5, 5.41) is 0. The molecule has 0 fully saturated rings. The number of unbranched alkanes of at least 4 members (excludes halogenated alkanes) is 13. The van der Waals surface area contributed by atoms with E-state index < -0.39 is 0 Å². The smallest absolute Gasteiger partial charge is 0.0107 e. The normalized spacial score (nSPS) is 11.7. The largest absolute Gasteiger partial charge is 0.377 e. The summed E-state index contributed by atoms with van der Waals surface area (Å²) in [5.41, 5.74) is 0. The van der Waals surface area contributed by atoms with Gasteiger partial charge in [0, 0.05) is 8.81 Å². The number of hydrogen-bond acceptors (Lipinski definition) is 1. The number of hydrogen-bond donors (Lipinski definition) is 1. The Morgan fingerprint density at radius 2 is 0.889 bits per heavy atom. The quantitative estimate of drug-likeness (QED) is 0.284. The minimum atomic E-state index is 0.169. The van der Waals surface area contributed by atoms with Crippen LogP contribution in [-0.4, -0.2) is 11.1 Å². The van der Waals surface area contributed by atoms with Crippen LogP contribution in [-0.2, 0) is 0 Å². The molecule has 110 valence electrons. The summed E-state index contributed by atoms with van der Waals surface area (Å²) in [6, 6.07) is 0. The summed E-state index contributed by atoms with van der Waals surface area (Å²) in [7, 11) is 0.169. The lowest BCUT2D eigenvalue weighted by atomic mass is 10.0. The average Bonchev–Trinajstić information content (AvgIpc) is 2.39. The number of rotatable bonds is 15. The maximum absolute atomic E-state index is 8.69. The van der Waals surface area contributed by atoms with E-state index >= 15 is 0 Å². The van der Waals surface area contributed by atoms with E-state index in [1.54, 1.807) is 0 Å². The topological polar surface area (TPSA) is 20.2 Å². The minimum absolute atomic E-state index is 0.169. The van der Waals surface area contributed by atoms with Gasteiger partial charge in [0.1, 0.15) is 0 Å². The van der Waals surface area contributed by atoms with Crippen LogP contribution < -0.4 is 0 Å². The van der Waals surface area contributed by atoms with Crippen molar-refractivity contribution in [3.63, 3.8) is 0 Å². The summed E-state index contributed by atoms with van der Waals surface area (Å²) < 4.78 is 0. The van der Waals surface area contributed by atoms with Crippen LogP contribution in [0.2, 0.25) is 0 Å². The third kappa shape index (κ3) is 16.4. The predicted molar refractivity (Wildman–Crippen MR) is 85.7 cm³/mol. The molecule has 0 aliphatic heterocycles. The highest BCUT2D eigenvalue weighted by molar-refractivity contribution is 7.31. The first-order valence-corrected chi connectivity index (χ1v) is 9.44. The van der Waals surface area contributed by atoms with Crippen LogP contribution in [0.25, 0.3) is 0 Å². The predicted octanol–water partition coefficient (Wildman–Crippen LogP) is 6.05. The Morgan fingerprint density at radius 1 is 0.556 bits per heavy atom. The maximum atomic E-state index is 8.69. The van der Waals surface area contributed by atoms with Crippen molar-refractivity contribution < 1.29 is 4.89 Å². The Hall–Kier alpha value is 0.390. The monoisotopic (exact) mass is 274 g/mol. The third-order valence-electron chi connectivity index (χ3n) is 3.64. The van der Waals surface area contributed by atoms with Gasteiger partial charge in [-0.15, -0.1) is 0 Å². The molecule has 2 heteroatoms. The lowest BCUT2D eigenvalue weighted by molar-refractivity contribution is 0.538. The summed E-state index contributed by atoms with van der Waals surface area (Å²) in [4.78, 5) is 8.69. The molecule has 1 N–H and O–H groups in total. The van der Waals surface area contributed by atoms with E-state index in [1.165, 1.54) is 89.9 Å². The van der Waals surface area contributed by atoms with Crippen LogP contribution in [0.3, 0.4) is 0 Å². The minimum Gasteiger partial charge on any atom is -0.377 e.